The van der Waals surface area contributed by atoms with Gasteiger partial charge in [-0.1, -0.05) is 30.4 Å². The fourth-order valence-corrected chi connectivity index (χ4v) is 2.44. The first-order valence-corrected chi connectivity index (χ1v) is 7.91. The molecule has 24 heavy (non-hydrogen) atoms. The summed E-state index contributed by atoms with van der Waals surface area (Å²) in [6.07, 6.45) is 4.77. The smallest absolute Gasteiger partial charge is 0.165 e. The molecule has 2 aromatic rings. The minimum Gasteiger partial charge on any atom is -0.504 e. The van der Waals surface area contributed by atoms with Crippen LogP contribution in [0, 0.1) is 0 Å². The molecular weight excluding hydrogens is 302 g/mol. The first-order valence-electron chi connectivity index (χ1n) is 7.91. The van der Waals surface area contributed by atoms with Crippen LogP contribution >= 0.6 is 0 Å². The van der Waals surface area contributed by atoms with Crippen LogP contribution in [-0.4, -0.2) is 44.9 Å². The van der Waals surface area contributed by atoms with Crippen molar-refractivity contribution in [2.75, 3.05) is 34.9 Å². The van der Waals surface area contributed by atoms with Crippen molar-refractivity contribution in [2.24, 2.45) is 0 Å². The van der Waals surface area contributed by atoms with Gasteiger partial charge in [0.15, 0.2) is 11.5 Å². The van der Waals surface area contributed by atoms with Crippen molar-refractivity contribution in [3.05, 3.63) is 53.1 Å². The van der Waals surface area contributed by atoms with Crippen LogP contribution in [0.2, 0.25) is 0 Å². The zero-order valence-corrected chi connectivity index (χ0v) is 14.7. The van der Waals surface area contributed by atoms with Crippen molar-refractivity contribution in [3.63, 3.8) is 0 Å². The molecule has 0 saturated heterocycles. The molecule has 4 nitrogen and oxygen atoms in total. The topological polar surface area (TPSA) is 41.9 Å². The van der Waals surface area contributed by atoms with E-state index in [1.807, 2.05) is 62.6 Å². The number of hydrogen-bond acceptors (Lipinski definition) is 4. The lowest BCUT2D eigenvalue weighted by molar-refractivity contribution is 0.371. The van der Waals surface area contributed by atoms with Gasteiger partial charge in [-0.2, -0.15) is 0 Å². The fraction of sp³-hybridized carbons (Fsp3) is 0.300. The molecule has 2 rings (SSSR count). The number of likely N-dealkylation sites (N-methyl/N-ethyl adjacent to an activating group) is 1. The molecule has 0 radical (unpaired) electrons. The maximum absolute atomic E-state index is 10.5. The first-order chi connectivity index (χ1) is 11.5. The van der Waals surface area contributed by atoms with E-state index in [-0.39, 0.29) is 5.75 Å². The summed E-state index contributed by atoms with van der Waals surface area (Å²) >= 11 is 0. The van der Waals surface area contributed by atoms with Crippen LogP contribution in [0.5, 0.6) is 17.2 Å². The number of nitrogens with zero attached hydrogens (tertiary/aromatic N) is 1. The molecule has 0 aliphatic carbocycles. The standard InChI is InChI=1S/C20H25NO3/c1-21(2)14-13-16-8-12-19(24-4)20(22)18(16)11-7-15-5-9-17(23-3)10-6-15/h5-12,22H,13-14H2,1-4H3/b11-7+. The van der Waals surface area contributed by atoms with Gasteiger partial charge in [-0.3, -0.25) is 0 Å². The number of benzene rings is 2. The maximum Gasteiger partial charge on any atom is 0.165 e. The Kier molecular flexibility index (Phi) is 6.27. The average molecular weight is 327 g/mol. The van der Waals surface area contributed by atoms with Gasteiger partial charge in [-0.15, -0.1) is 0 Å². The molecule has 0 atom stereocenters. The predicted molar refractivity (Wildman–Crippen MR) is 98.8 cm³/mol. The predicted octanol–water partition coefficient (Wildman–Crippen LogP) is 3.68. The Morgan fingerprint density at radius 3 is 2.25 bits per heavy atom. The van der Waals surface area contributed by atoms with Crippen molar-refractivity contribution in [1.82, 2.24) is 4.90 Å². The van der Waals surface area contributed by atoms with Gasteiger partial charge in [0.25, 0.3) is 0 Å². The monoisotopic (exact) mass is 327 g/mol. The highest BCUT2D eigenvalue weighted by molar-refractivity contribution is 5.76. The van der Waals surface area contributed by atoms with E-state index in [0.29, 0.717) is 5.75 Å². The van der Waals surface area contributed by atoms with Crippen LogP contribution in [0.4, 0.5) is 0 Å². The molecular formula is C20H25NO3. The van der Waals surface area contributed by atoms with Gasteiger partial charge in [-0.25, -0.2) is 0 Å². The number of ether oxygens (including phenoxy) is 2. The quantitative estimate of drug-likeness (QED) is 0.788. The summed E-state index contributed by atoms with van der Waals surface area (Å²) in [7, 11) is 7.29. The number of phenols is 1. The molecule has 0 spiro atoms. The molecule has 0 heterocycles. The number of rotatable bonds is 7. The van der Waals surface area contributed by atoms with E-state index in [1.165, 1.54) is 0 Å². The van der Waals surface area contributed by atoms with Crippen LogP contribution in [-0.2, 0) is 6.42 Å². The zero-order chi connectivity index (χ0) is 17.5. The summed E-state index contributed by atoms with van der Waals surface area (Å²) < 4.78 is 10.4. The SMILES string of the molecule is COc1ccc(/C=C/c2c(CCN(C)C)ccc(OC)c2O)cc1. The van der Waals surface area contributed by atoms with Crippen LogP contribution < -0.4 is 9.47 Å². The van der Waals surface area contributed by atoms with Crippen LogP contribution in [0.15, 0.2) is 36.4 Å². The summed E-state index contributed by atoms with van der Waals surface area (Å²) in [5, 5.41) is 10.5. The highest BCUT2D eigenvalue weighted by atomic mass is 16.5. The van der Waals surface area contributed by atoms with Crippen molar-refractivity contribution in [1.29, 1.82) is 0 Å². The van der Waals surface area contributed by atoms with E-state index < -0.39 is 0 Å². The molecule has 2 aromatic carbocycles. The number of phenolic OH excluding ortho intramolecular Hbond substituents is 1. The average Bonchev–Trinajstić information content (AvgIpc) is 2.59. The van der Waals surface area contributed by atoms with Crippen molar-refractivity contribution >= 4 is 12.2 Å². The van der Waals surface area contributed by atoms with Gasteiger partial charge in [0.2, 0.25) is 0 Å². The molecule has 128 valence electrons. The molecule has 0 saturated carbocycles. The van der Waals surface area contributed by atoms with E-state index in [4.69, 9.17) is 9.47 Å². The summed E-state index contributed by atoms with van der Waals surface area (Å²) in [5.41, 5.74) is 2.93. The van der Waals surface area contributed by atoms with Gasteiger partial charge < -0.3 is 19.5 Å². The molecule has 0 aromatic heterocycles. The van der Waals surface area contributed by atoms with Crippen LogP contribution in [0.3, 0.4) is 0 Å². The lowest BCUT2D eigenvalue weighted by atomic mass is 10.0. The molecule has 0 aliphatic rings. The third-order valence-electron chi connectivity index (χ3n) is 3.88. The Morgan fingerprint density at radius 1 is 0.958 bits per heavy atom. The highest BCUT2D eigenvalue weighted by Crippen LogP contribution is 2.34. The lowest BCUT2D eigenvalue weighted by Gasteiger charge is -2.14. The van der Waals surface area contributed by atoms with Crippen LogP contribution in [0.25, 0.3) is 12.2 Å². The number of methoxy groups -OCH3 is 2. The Labute approximate surface area is 143 Å². The van der Waals surface area contributed by atoms with Crippen molar-refractivity contribution in [2.45, 2.75) is 6.42 Å². The Morgan fingerprint density at radius 2 is 1.67 bits per heavy atom. The second-order valence-corrected chi connectivity index (χ2v) is 5.85. The molecule has 0 fully saturated rings. The van der Waals surface area contributed by atoms with Gasteiger partial charge in [0.05, 0.1) is 14.2 Å². The second-order valence-electron chi connectivity index (χ2n) is 5.85. The molecule has 0 bridgehead atoms. The normalized spacial score (nSPS) is 11.2. The molecule has 0 amide bonds. The Hall–Kier alpha value is -2.46. The molecule has 0 aliphatic heterocycles. The van der Waals surface area contributed by atoms with E-state index in [0.717, 1.165) is 35.4 Å². The highest BCUT2D eigenvalue weighted by Gasteiger charge is 2.11. The third-order valence-corrected chi connectivity index (χ3v) is 3.88. The van der Waals surface area contributed by atoms with E-state index in [2.05, 4.69) is 4.90 Å². The maximum atomic E-state index is 10.5. The molecule has 0 unspecified atom stereocenters. The summed E-state index contributed by atoms with van der Waals surface area (Å²) in [4.78, 5) is 2.12. The van der Waals surface area contributed by atoms with E-state index in [9.17, 15) is 5.11 Å². The lowest BCUT2D eigenvalue weighted by Crippen LogP contribution is -2.15. The Balaban J connectivity index is 2.32. The zero-order valence-electron chi connectivity index (χ0n) is 14.7. The van der Waals surface area contributed by atoms with Crippen molar-refractivity contribution in [3.8, 4) is 17.2 Å². The minimum absolute atomic E-state index is 0.179. The number of aromatic hydroxyl groups is 1. The fourth-order valence-electron chi connectivity index (χ4n) is 2.44. The Bertz CT molecular complexity index is 691. The van der Waals surface area contributed by atoms with Gasteiger partial charge in [-0.05, 0) is 49.8 Å². The second kappa shape index (κ2) is 8.41. The van der Waals surface area contributed by atoms with Gasteiger partial charge >= 0.3 is 0 Å². The summed E-state index contributed by atoms with van der Waals surface area (Å²) in [6.45, 7) is 0.912. The van der Waals surface area contributed by atoms with E-state index >= 15 is 0 Å². The van der Waals surface area contributed by atoms with Crippen molar-refractivity contribution < 1.29 is 14.6 Å². The largest absolute Gasteiger partial charge is 0.504 e. The third kappa shape index (κ3) is 4.52. The van der Waals surface area contributed by atoms with E-state index in [1.54, 1.807) is 14.2 Å². The minimum atomic E-state index is 0.179. The molecule has 4 heteroatoms. The molecule has 1 N–H and O–H groups in total. The van der Waals surface area contributed by atoms with Crippen LogP contribution in [0.1, 0.15) is 16.7 Å². The summed E-state index contributed by atoms with van der Waals surface area (Å²) in [6, 6.07) is 11.6. The van der Waals surface area contributed by atoms with Gasteiger partial charge in [0, 0.05) is 12.1 Å². The van der Waals surface area contributed by atoms with Gasteiger partial charge in [0.1, 0.15) is 5.75 Å². The first kappa shape index (κ1) is 17.9. The number of hydrogen-bond donors (Lipinski definition) is 1. The summed E-state index contributed by atoms with van der Waals surface area (Å²) in [5.74, 6) is 1.49.